The summed E-state index contributed by atoms with van der Waals surface area (Å²) in [5.41, 5.74) is 0.244. The Balaban J connectivity index is 2.12. The highest BCUT2D eigenvalue weighted by Crippen LogP contribution is 2.26. The van der Waals surface area contributed by atoms with Crippen LogP contribution < -0.4 is 10.2 Å². The van der Waals surface area contributed by atoms with E-state index in [0.717, 1.165) is 0 Å². The third-order valence-corrected chi connectivity index (χ3v) is 3.36. The molecule has 1 amide bonds. The number of amides is 1. The maximum atomic E-state index is 11.3. The first kappa shape index (κ1) is 13.3. The Bertz CT molecular complexity index is 488. The molecule has 2 N–H and O–H groups in total. The monoisotopic (exact) mass is 264 g/mol. The quantitative estimate of drug-likeness (QED) is 0.797. The van der Waals surface area contributed by atoms with Crippen LogP contribution in [0.3, 0.4) is 0 Å². The zero-order valence-corrected chi connectivity index (χ0v) is 10.8. The Hall–Kier alpha value is -2.18. The molecule has 19 heavy (non-hydrogen) atoms. The fourth-order valence-electron chi connectivity index (χ4n) is 2.22. The van der Waals surface area contributed by atoms with Crippen molar-refractivity contribution in [2.24, 2.45) is 11.8 Å². The van der Waals surface area contributed by atoms with Crippen molar-refractivity contribution < 1.29 is 14.7 Å². The van der Waals surface area contributed by atoms with Gasteiger partial charge in [-0.1, -0.05) is 6.92 Å². The minimum absolute atomic E-state index is 0.0675. The minimum atomic E-state index is -0.787. The highest BCUT2D eigenvalue weighted by Gasteiger charge is 2.35. The van der Waals surface area contributed by atoms with Crippen LogP contribution in [0.15, 0.2) is 12.1 Å². The molecule has 0 radical (unpaired) electrons. The standard InChI is InChI=1S/C12H16N4O3/c1-7-5-16(6-8(7)12(18)19)10-4-3-9(14-15-10)11(17)13-2/h3-4,7-8H,5-6H2,1-2H3,(H,13,17)(H,18,19). The number of hydrogen-bond donors (Lipinski definition) is 2. The first-order valence-electron chi connectivity index (χ1n) is 6.06. The van der Waals surface area contributed by atoms with Gasteiger partial charge in [0.15, 0.2) is 11.5 Å². The lowest BCUT2D eigenvalue weighted by atomic mass is 9.99. The number of anilines is 1. The van der Waals surface area contributed by atoms with Crippen LogP contribution in [0.5, 0.6) is 0 Å². The second-order valence-corrected chi connectivity index (χ2v) is 4.68. The number of rotatable bonds is 3. The van der Waals surface area contributed by atoms with Crippen molar-refractivity contribution in [1.82, 2.24) is 15.5 Å². The average molecular weight is 264 g/mol. The summed E-state index contributed by atoms with van der Waals surface area (Å²) in [6.07, 6.45) is 0. The molecular weight excluding hydrogens is 248 g/mol. The Morgan fingerprint density at radius 2 is 2.11 bits per heavy atom. The number of nitrogens with one attached hydrogen (secondary N) is 1. The third kappa shape index (κ3) is 2.64. The van der Waals surface area contributed by atoms with E-state index >= 15 is 0 Å². The molecule has 7 heteroatoms. The molecule has 0 spiro atoms. The molecule has 1 fully saturated rings. The molecule has 1 aromatic heterocycles. The summed E-state index contributed by atoms with van der Waals surface area (Å²) in [5.74, 6) is -0.802. The van der Waals surface area contributed by atoms with Crippen molar-refractivity contribution in [3.05, 3.63) is 17.8 Å². The second kappa shape index (κ2) is 5.21. The number of aromatic nitrogens is 2. The summed E-state index contributed by atoms with van der Waals surface area (Å²) in [5, 5.41) is 19.4. The van der Waals surface area contributed by atoms with Crippen LogP contribution in [-0.4, -0.2) is 47.3 Å². The molecule has 2 heterocycles. The highest BCUT2D eigenvalue weighted by atomic mass is 16.4. The van der Waals surface area contributed by atoms with Gasteiger partial charge in [-0.25, -0.2) is 0 Å². The predicted molar refractivity (Wildman–Crippen MR) is 67.9 cm³/mol. The van der Waals surface area contributed by atoms with Gasteiger partial charge in [-0.05, 0) is 18.1 Å². The summed E-state index contributed by atoms with van der Waals surface area (Å²) >= 11 is 0. The fourth-order valence-corrected chi connectivity index (χ4v) is 2.22. The van der Waals surface area contributed by atoms with E-state index in [9.17, 15) is 9.59 Å². The van der Waals surface area contributed by atoms with Gasteiger partial charge in [-0.3, -0.25) is 9.59 Å². The van der Waals surface area contributed by atoms with Crippen molar-refractivity contribution in [2.45, 2.75) is 6.92 Å². The maximum Gasteiger partial charge on any atom is 0.308 e. The minimum Gasteiger partial charge on any atom is -0.481 e. The van der Waals surface area contributed by atoms with Crippen LogP contribution in [0.4, 0.5) is 5.82 Å². The van der Waals surface area contributed by atoms with Gasteiger partial charge >= 0.3 is 5.97 Å². The molecule has 7 nitrogen and oxygen atoms in total. The summed E-state index contributed by atoms with van der Waals surface area (Å²) in [7, 11) is 1.53. The van der Waals surface area contributed by atoms with Crippen molar-refractivity contribution >= 4 is 17.7 Å². The summed E-state index contributed by atoms with van der Waals surface area (Å²) < 4.78 is 0. The number of carbonyl (C=O) groups is 2. The van der Waals surface area contributed by atoms with E-state index in [1.54, 1.807) is 12.1 Å². The molecule has 102 valence electrons. The zero-order valence-electron chi connectivity index (χ0n) is 10.8. The van der Waals surface area contributed by atoms with Crippen LogP contribution >= 0.6 is 0 Å². The Morgan fingerprint density at radius 1 is 1.37 bits per heavy atom. The predicted octanol–water partition coefficient (Wildman–Crippen LogP) is -0.00690. The SMILES string of the molecule is CNC(=O)c1ccc(N2CC(C)C(C(=O)O)C2)nn1. The van der Waals surface area contributed by atoms with Gasteiger partial charge in [-0.15, -0.1) is 10.2 Å². The molecule has 1 aliphatic heterocycles. The normalized spacial score (nSPS) is 22.3. The van der Waals surface area contributed by atoms with E-state index in [0.29, 0.717) is 18.9 Å². The average Bonchev–Trinajstić information content (AvgIpc) is 2.80. The number of hydrogen-bond acceptors (Lipinski definition) is 5. The maximum absolute atomic E-state index is 11.3. The van der Waals surface area contributed by atoms with Gasteiger partial charge in [0.2, 0.25) is 0 Å². The van der Waals surface area contributed by atoms with Crippen LogP contribution in [-0.2, 0) is 4.79 Å². The zero-order chi connectivity index (χ0) is 14.0. The Kier molecular flexibility index (Phi) is 3.64. The van der Waals surface area contributed by atoms with Gasteiger partial charge in [0.1, 0.15) is 0 Å². The molecule has 2 unspecified atom stereocenters. The fraction of sp³-hybridized carbons (Fsp3) is 0.500. The second-order valence-electron chi connectivity index (χ2n) is 4.68. The van der Waals surface area contributed by atoms with Crippen LogP contribution in [0.25, 0.3) is 0 Å². The first-order chi connectivity index (χ1) is 9.02. The van der Waals surface area contributed by atoms with Crippen LogP contribution in [0.1, 0.15) is 17.4 Å². The van der Waals surface area contributed by atoms with Crippen molar-refractivity contribution in [3.63, 3.8) is 0 Å². The van der Waals surface area contributed by atoms with Crippen molar-refractivity contribution in [3.8, 4) is 0 Å². The lowest BCUT2D eigenvalue weighted by molar-refractivity contribution is -0.142. The summed E-state index contributed by atoms with van der Waals surface area (Å²) in [6, 6.07) is 3.27. The van der Waals surface area contributed by atoms with E-state index in [-0.39, 0.29) is 23.4 Å². The lowest BCUT2D eigenvalue weighted by Crippen LogP contribution is -2.25. The van der Waals surface area contributed by atoms with E-state index < -0.39 is 5.97 Å². The Labute approximate surface area is 110 Å². The van der Waals surface area contributed by atoms with Crippen molar-refractivity contribution in [2.75, 3.05) is 25.0 Å². The molecule has 1 saturated heterocycles. The number of aliphatic carboxylic acids is 1. The number of carboxylic acids is 1. The molecule has 2 atom stereocenters. The van der Waals surface area contributed by atoms with Crippen LogP contribution in [0.2, 0.25) is 0 Å². The van der Waals surface area contributed by atoms with Gasteiger partial charge in [0.05, 0.1) is 5.92 Å². The largest absolute Gasteiger partial charge is 0.481 e. The summed E-state index contributed by atoms with van der Waals surface area (Å²) in [6.45, 7) is 2.96. The summed E-state index contributed by atoms with van der Waals surface area (Å²) in [4.78, 5) is 24.3. The lowest BCUT2D eigenvalue weighted by Gasteiger charge is -2.15. The molecule has 2 rings (SSSR count). The number of carbonyl (C=O) groups excluding carboxylic acids is 1. The number of carboxylic acid groups (broad SMARTS) is 1. The Morgan fingerprint density at radius 3 is 2.58 bits per heavy atom. The van der Waals surface area contributed by atoms with E-state index in [2.05, 4.69) is 15.5 Å². The molecule has 0 aromatic carbocycles. The first-order valence-corrected chi connectivity index (χ1v) is 6.06. The topological polar surface area (TPSA) is 95.4 Å². The molecular formula is C12H16N4O3. The van der Waals surface area contributed by atoms with E-state index in [1.807, 2.05) is 11.8 Å². The van der Waals surface area contributed by atoms with E-state index in [1.165, 1.54) is 7.05 Å². The highest BCUT2D eigenvalue weighted by molar-refractivity contribution is 5.91. The molecule has 0 aliphatic carbocycles. The van der Waals surface area contributed by atoms with E-state index in [4.69, 9.17) is 5.11 Å². The van der Waals surface area contributed by atoms with Gasteiger partial charge in [0.25, 0.3) is 5.91 Å². The number of nitrogens with zero attached hydrogens (tertiary/aromatic N) is 3. The van der Waals surface area contributed by atoms with Crippen molar-refractivity contribution in [1.29, 1.82) is 0 Å². The molecule has 0 saturated carbocycles. The van der Waals surface area contributed by atoms with Gasteiger partial charge < -0.3 is 15.3 Å². The molecule has 1 aliphatic rings. The smallest absolute Gasteiger partial charge is 0.308 e. The van der Waals surface area contributed by atoms with Gasteiger partial charge in [0, 0.05) is 20.1 Å². The molecule has 0 bridgehead atoms. The molecule has 1 aromatic rings. The van der Waals surface area contributed by atoms with Crippen LogP contribution in [0, 0.1) is 11.8 Å². The third-order valence-electron chi connectivity index (χ3n) is 3.36. The van der Waals surface area contributed by atoms with Gasteiger partial charge in [-0.2, -0.15) is 0 Å².